The van der Waals surface area contributed by atoms with E-state index in [-0.39, 0.29) is 6.10 Å². The number of nitrogens with zero attached hydrogens (tertiary/aromatic N) is 4. The summed E-state index contributed by atoms with van der Waals surface area (Å²) in [5.74, 6) is 1.84. The fourth-order valence-corrected chi connectivity index (χ4v) is 2.46. The number of hydrogen-bond acceptors (Lipinski definition) is 7. The molecule has 2 atom stereocenters. The highest BCUT2D eigenvalue weighted by atomic mass is 16.5. The molecule has 112 valence electrons. The minimum atomic E-state index is -0.0511. The second kappa shape index (κ2) is 6.04. The maximum absolute atomic E-state index is 5.74. The number of aromatic amines is 1. The summed E-state index contributed by atoms with van der Waals surface area (Å²) in [4.78, 5) is 12.6. The molecule has 0 aromatic carbocycles. The van der Waals surface area contributed by atoms with Gasteiger partial charge >= 0.3 is 6.01 Å². The Bertz CT molecular complexity index is 588. The molecule has 2 aromatic heterocycles. The third kappa shape index (κ3) is 3.10. The number of methoxy groups -OCH3 is 1. The van der Waals surface area contributed by atoms with Crippen molar-refractivity contribution >= 4 is 5.82 Å². The van der Waals surface area contributed by atoms with Gasteiger partial charge in [0, 0.05) is 30.8 Å². The number of aryl methyl sites for hydroxylation is 1. The van der Waals surface area contributed by atoms with Gasteiger partial charge in [-0.1, -0.05) is 0 Å². The summed E-state index contributed by atoms with van der Waals surface area (Å²) in [6.45, 7) is 3.38. The Kier molecular flexibility index (Phi) is 3.96. The van der Waals surface area contributed by atoms with Crippen LogP contribution in [0.15, 0.2) is 12.4 Å². The van der Waals surface area contributed by atoms with Crippen LogP contribution in [0.5, 0.6) is 6.01 Å². The van der Waals surface area contributed by atoms with Crippen LogP contribution in [-0.4, -0.2) is 45.4 Å². The lowest BCUT2D eigenvalue weighted by atomic mass is 10.0. The highest BCUT2D eigenvalue weighted by Gasteiger charge is 2.31. The van der Waals surface area contributed by atoms with Crippen LogP contribution in [-0.2, 0) is 4.74 Å². The monoisotopic (exact) mass is 290 g/mol. The molecule has 1 aliphatic rings. The van der Waals surface area contributed by atoms with E-state index in [0.717, 1.165) is 36.9 Å². The molecule has 1 fully saturated rings. The van der Waals surface area contributed by atoms with Crippen molar-refractivity contribution in [3.05, 3.63) is 23.9 Å². The van der Waals surface area contributed by atoms with E-state index in [9.17, 15) is 0 Å². The van der Waals surface area contributed by atoms with Crippen LogP contribution < -0.4 is 10.1 Å². The topological polar surface area (TPSA) is 97.8 Å². The van der Waals surface area contributed by atoms with Gasteiger partial charge < -0.3 is 14.8 Å². The molecule has 21 heavy (non-hydrogen) atoms. The average molecular weight is 290 g/mol. The summed E-state index contributed by atoms with van der Waals surface area (Å²) < 4.78 is 10.8. The summed E-state index contributed by atoms with van der Waals surface area (Å²) in [5.41, 5.74) is 0.860. The molecular formula is C13H18N6O2. The van der Waals surface area contributed by atoms with Gasteiger partial charge in [0.2, 0.25) is 0 Å². The third-order valence-electron chi connectivity index (χ3n) is 3.48. The van der Waals surface area contributed by atoms with Gasteiger partial charge in [-0.15, -0.1) is 0 Å². The Hall–Kier alpha value is -2.22. The van der Waals surface area contributed by atoms with E-state index >= 15 is 0 Å². The van der Waals surface area contributed by atoms with Crippen molar-refractivity contribution in [3.63, 3.8) is 0 Å². The molecule has 0 bridgehead atoms. The number of H-pyrrole nitrogens is 1. The molecule has 1 aliphatic heterocycles. The molecule has 2 aromatic rings. The van der Waals surface area contributed by atoms with Crippen molar-refractivity contribution in [1.29, 1.82) is 0 Å². The Morgan fingerprint density at radius 1 is 1.48 bits per heavy atom. The van der Waals surface area contributed by atoms with E-state index in [4.69, 9.17) is 9.47 Å². The molecule has 0 spiro atoms. The third-order valence-corrected chi connectivity index (χ3v) is 3.48. The second-order valence-corrected chi connectivity index (χ2v) is 4.97. The lowest BCUT2D eigenvalue weighted by Crippen LogP contribution is -2.19. The summed E-state index contributed by atoms with van der Waals surface area (Å²) in [6.07, 6.45) is 2.42. The molecule has 0 amide bonds. The van der Waals surface area contributed by atoms with E-state index in [2.05, 4.69) is 30.5 Å². The lowest BCUT2D eigenvalue weighted by Gasteiger charge is -2.17. The van der Waals surface area contributed by atoms with E-state index < -0.39 is 0 Å². The van der Waals surface area contributed by atoms with Crippen molar-refractivity contribution in [3.8, 4) is 6.01 Å². The van der Waals surface area contributed by atoms with Crippen LogP contribution in [0, 0.1) is 12.8 Å². The number of hydrogen-bond donors (Lipinski definition) is 2. The Morgan fingerprint density at radius 2 is 2.38 bits per heavy atom. The van der Waals surface area contributed by atoms with Gasteiger partial charge in [-0.3, -0.25) is 5.10 Å². The van der Waals surface area contributed by atoms with Gasteiger partial charge in [0.25, 0.3) is 0 Å². The number of ether oxygens (including phenoxy) is 2. The van der Waals surface area contributed by atoms with Crippen LogP contribution in [0.2, 0.25) is 0 Å². The van der Waals surface area contributed by atoms with Crippen LogP contribution in [0.25, 0.3) is 0 Å². The van der Waals surface area contributed by atoms with Gasteiger partial charge in [-0.2, -0.15) is 10.1 Å². The van der Waals surface area contributed by atoms with Crippen LogP contribution >= 0.6 is 0 Å². The van der Waals surface area contributed by atoms with Crippen molar-refractivity contribution in [2.45, 2.75) is 19.4 Å². The summed E-state index contributed by atoms with van der Waals surface area (Å²) in [7, 11) is 1.56. The van der Waals surface area contributed by atoms with Crippen LogP contribution in [0.1, 0.15) is 24.0 Å². The second-order valence-electron chi connectivity index (χ2n) is 4.97. The molecule has 8 nitrogen and oxygen atoms in total. The number of anilines is 1. The standard InChI is InChI=1S/C13H18N6O2/c1-8-5-10(18-13(17-8)20-2)14-6-9-3-4-21-11(9)12-15-7-16-19-12/h5,7,9,11H,3-4,6H2,1-2H3,(H,14,17,18)(H,15,16,19)/t9-,11-/m0/s1. The molecule has 0 unspecified atom stereocenters. The lowest BCUT2D eigenvalue weighted by molar-refractivity contribution is 0.0864. The van der Waals surface area contributed by atoms with E-state index in [1.165, 1.54) is 6.33 Å². The van der Waals surface area contributed by atoms with Gasteiger partial charge in [-0.05, 0) is 13.3 Å². The fourth-order valence-electron chi connectivity index (χ4n) is 2.46. The van der Waals surface area contributed by atoms with Gasteiger partial charge in [0.15, 0.2) is 5.82 Å². The largest absolute Gasteiger partial charge is 0.467 e. The van der Waals surface area contributed by atoms with Crippen LogP contribution in [0.3, 0.4) is 0 Å². The number of nitrogens with one attached hydrogen (secondary N) is 2. The molecule has 0 radical (unpaired) electrons. The first-order chi connectivity index (χ1) is 10.3. The van der Waals surface area contributed by atoms with Crippen molar-refractivity contribution in [2.24, 2.45) is 5.92 Å². The summed E-state index contributed by atoms with van der Waals surface area (Å²) >= 11 is 0. The van der Waals surface area contributed by atoms with Gasteiger partial charge in [0.1, 0.15) is 18.2 Å². The molecule has 3 heterocycles. The summed E-state index contributed by atoms with van der Waals surface area (Å²) in [6, 6.07) is 2.26. The van der Waals surface area contributed by atoms with E-state index in [0.29, 0.717) is 11.9 Å². The van der Waals surface area contributed by atoms with Crippen LogP contribution in [0.4, 0.5) is 5.82 Å². The zero-order valence-corrected chi connectivity index (χ0v) is 12.0. The SMILES string of the molecule is COc1nc(C)cc(NC[C@@H]2CCO[C@@H]2c2ncn[nH]2)n1. The van der Waals surface area contributed by atoms with Gasteiger partial charge in [0.05, 0.1) is 7.11 Å². The molecule has 3 rings (SSSR count). The maximum atomic E-state index is 5.74. The zero-order valence-electron chi connectivity index (χ0n) is 12.0. The summed E-state index contributed by atoms with van der Waals surface area (Å²) in [5, 5.41) is 10.1. The highest BCUT2D eigenvalue weighted by Crippen LogP contribution is 2.32. The highest BCUT2D eigenvalue weighted by molar-refractivity contribution is 5.37. The Balaban J connectivity index is 1.65. The number of aromatic nitrogens is 5. The molecule has 0 aliphatic carbocycles. The molecular weight excluding hydrogens is 272 g/mol. The molecule has 0 saturated carbocycles. The Labute approximate surface area is 122 Å². The fraction of sp³-hybridized carbons (Fsp3) is 0.538. The quantitative estimate of drug-likeness (QED) is 0.850. The van der Waals surface area contributed by atoms with E-state index in [1.54, 1.807) is 7.11 Å². The van der Waals surface area contributed by atoms with Crippen molar-refractivity contribution in [1.82, 2.24) is 25.1 Å². The molecule has 8 heteroatoms. The van der Waals surface area contributed by atoms with E-state index in [1.807, 2.05) is 13.0 Å². The normalized spacial score (nSPS) is 21.4. The number of rotatable bonds is 5. The maximum Gasteiger partial charge on any atom is 0.318 e. The Morgan fingerprint density at radius 3 is 3.14 bits per heavy atom. The average Bonchev–Trinajstić information content (AvgIpc) is 3.15. The zero-order chi connectivity index (χ0) is 14.7. The minimum Gasteiger partial charge on any atom is -0.467 e. The first kappa shape index (κ1) is 13.7. The minimum absolute atomic E-state index is 0.0511. The first-order valence-corrected chi connectivity index (χ1v) is 6.86. The first-order valence-electron chi connectivity index (χ1n) is 6.86. The van der Waals surface area contributed by atoms with Crippen molar-refractivity contribution < 1.29 is 9.47 Å². The predicted octanol–water partition coefficient (Wildman–Crippen LogP) is 1.10. The molecule has 1 saturated heterocycles. The smallest absolute Gasteiger partial charge is 0.318 e. The predicted molar refractivity (Wildman–Crippen MR) is 75.0 cm³/mol. The van der Waals surface area contributed by atoms with Gasteiger partial charge in [-0.25, -0.2) is 9.97 Å². The van der Waals surface area contributed by atoms with Crippen molar-refractivity contribution in [2.75, 3.05) is 25.6 Å². The molecule has 2 N–H and O–H groups in total.